The van der Waals surface area contributed by atoms with Gasteiger partial charge in [0.25, 0.3) is 0 Å². The molecule has 0 aliphatic carbocycles. The molecule has 27 heavy (non-hydrogen) atoms. The largest absolute Gasteiger partial charge is 0.491 e. The Kier molecular flexibility index (Phi) is 8.30. The molecule has 1 unspecified atom stereocenters. The summed E-state index contributed by atoms with van der Waals surface area (Å²) in [6, 6.07) is 8.68. The first-order valence-corrected chi connectivity index (χ1v) is 10.4. The van der Waals surface area contributed by atoms with Gasteiger partial charge in [-0.3, -0.25) is 4.98 Å². The van der Waals surface area contributed by atoms with Crippen molar-refractivity contribution in [2.24, 2.45) is 0 Å². The fourth-order valence-corrected chi connectivity index (χ4v) is 3.49. The average molecular weight is 370 g/mol. The molecule has 0 fully saturated rings. The number of hydrogen-bond donors (Lipinski definition) is 0. The average Bonchev–Trinajstić information content (AvgIpc) is 2.67. The third-order valence-electron chi connectivity index (χ3n) is 4.87. The molecule has 0 N–H and O–H groups in total. The van der Waals surface area contributed by atoms with Crippen LogP contribution in [0, 0.1) is 0 Å². The predicted octanol–water partition coefficient (Wildman–Crippen LogP) is 6.02. The first-order valence-electron chi connectivity index (χ1n) is 10.4. The van der Waals surface area contributed by atoms with Crippen LogP contribution in [0.4, 0.5) is 0 Å². The Morgan fingerprint density at radius 1 is 0.963 bits per heavy atom. The van der Waals surface area contributed by atoms with Crippen molar-refractivity contribution in [1.82, 2.24) is 4.98 Å². The topological polar surface area (TPSA) is 31.4 Å². The molecular weight excluding hydrogens is 334 g/mol. The molecule has 0 spiro atoms. The molecule has 1 atom stereocenters. The van der Waals surface area contributed by atoms with E-state index in [4.69, 9.17) is 14.5 Å². The summed E-state index contributed by atoms with van der Waals surface area (Å²) in [5, 5.41) is 0. The van der Waals surface area contributed by atoms with Crippen molar-refractivity contribution in [2.45, 2.75) is 79.4 Å². The minimum absolute atomic E-state index is 0.123. The highest BCUT2D eigenvalue weighted by molar-refractivity contribution is 5.69. The van der Waals surface area contributed by atoms with Crippen LogP contribution in [0.25, 0.3) is 11.3 Å². The second-order valence-corrected chi connectivity index (χ2v) is 7.19. The van der Waals surface area contributed by atoms with Crippen molar-refractivity contribution in [1.29, 1.82) is 0 Å². The lowest BCUT2D eigenvalue weighted by atomic mass is 9.94. The smallest absolute Gasteiger partial charge is 0.126 e. The van der Waals surface area contributed by atoms with Gasteiger partial charge in [-0.2, -0.15) is 0 Å². The zero-order valence-corrected chi connectivity index (χ0v) is 17.8. The molecule has 0 saturated carbocycles. The summed E-state index contributed by atoms with van der Waals surface area (Å²) in [5.74, 6) is 0.932. The highest BCUT2D eigenvalue weighted by atomic mass is 16.5. The summed E-state index contributed by atoms with van der Waals surface area (Å²) in [5.41, 5.74) is 6.07. The molecule has 148 valence electrons. The molecule has 0 aliphatic heterocycles. The molecule has 0 bridgehead atoms. The Labute approximate surface area is 165 Å². The van der Waals surface area contributed by atoms with Crippen molar-refractivity contribution in [3.8, 4) is 17.0 Å². The fourth-order valence-electron chi connectivity index (χ4n) is 3.49. The van der Waals surface area contributed by atoms with Gasteiger partial charge in [0.1, 0.15) is 5.75 Å². The van der Waals surface area contributed by atoms with Crippen molar-refractivity contribution in [2.75, 3.05) is 6.61 Å². The van der Waals surface area contributed by atoms with Gasteiger partial charge in [-0.1, -0.05) is 39.0 Å². The van der Waals surface area contributed by atoms with E-state index in [1.165, 1.54) is 16.7 Å². The van der Waals surface area contributed by atoms with E-state index in [0.29, 0.717) is 0 Å². The van der Waals surface area contributed by atoms with E-state index < -0.39 is 0 Å². The van der Waals surface area contributed by atoms with Gasteiger partial charge in [0, 0.05) is 36.4 Å². The van der Waals surface area contributed by atoms with Gasteiger partial charge in [0.15, 0.2) is 0 Å². The molecule has 0 aliphatic rings. The Balaban J connectivity index is 2.49. The molecule has 2 rings (SSSR count). The van der Waals surface area contributed by atoms with Gasteiger partial charge in [-0.15, -0.1) is 0 Å². The Morgan fingerprint density at radius 3 is 2.15 bits per heavy atom. The van der Waals surface area contributed by atoms with Crippen LogP contribution in [-0.4, -0.2) is 23.8 Å². The normalized spacial score (nSPS) is 12.4. The Bertz CT molecular complexity index is 702. The highest BCUT2D eigenvalue weighted by Gasteiger charge is 2.17. The molecule has 0 saturated heterocycles. The van der Waals surface area contributed by atoms with E-state index in [9.17, 15) is 0 Å². The molecule has 1 heterocycles. The summed E-state index contributed by atoms with van der Waals surface area (Å²) in [6.45, 7) is 13.5. The minimum Gasteiger partial charge on any atom is -0.491 e. The number of hydrogen-bond acceptors (Lipinski definition) is 3. The predicted molar refractivity (Wildman–Crippen MR) is 114 cm³/mol. The van der Waals surface area contributed by atoms with Gasteiger partial charge in [0.2, 0.25) is 0 Å². The van der Waals surface area contributed by atoms with Crippen LogP contribution in [0.15, 0.2) is 30.5 Å². The minimum atomic E-state index is 0.123. The molecule has 0 amide bonds. The summed E-state index contributed by atoms with van der Waals surface area (Å²) in [7, 11) is 0. The summed E-state index contributed by atoms with van der Waals surface area (Å²) in [4.78, 5) is 4.85. The first-order chi connectivity index (χ1) is 13.0. The Morgan fingerprint density at radius 2 is 1.63 bits per heavy atom. The number of aryl methyl sites for hydroxylation is 2. The molecule has 3 nitrogen and oxygen atoms in total. The van der Waals surface area contributed by atoms with Crippen molar-refractivity contribution >= 4 is 0 Å². The first kappa shape index (κ1) is 21.4. The standard InChI is InChI=1S/C24H35NO2/c1-7-18-12-11-13-19(8-2)24(18)22-15-23(27-17(5)6)20(16-25-22)14-21(9-3)26-10-4/h11-13,15-17,21H,7-10,14H2,1-6H3. The van der Waals surface area contributed by atoms with Crippen molar-refractivity contribution in [3.63, 3.8) is 0 Å². The summed E-state index contributed by atoms with van der Waals surface area (Å²) in [6.07, 6.45) is 6.11. The van der Waals surface area contributed by atoms with Crippen LogP contribution in [0.1, 0.15) is 64.7 Å². The lowest BCUT2D eigenvalue weighted by molar-refractivity contribution is 0.0598. The van der Waals surface area contributed by atoms with Gasteiger partial charge < -0.3 is 9.47 Å². The number of nitrogens with zero attached hydrogens (tertiary/aromatic N) is 1. The van der Waals surface area contributed by atoms with E-state index in [-0.39, 0.29) is 12.2 Å². The fraction of sp³-hybridized carbons (Fsp3) is 0.542. The van der Waals surface area contributed by atoms with Crippen LogP contribution in [0.2, 0.25) is 0 Å². The van der Waals surface area contributed by atoms with Gasteiger partial charge in [-0.25, -0.2) is 0 Å². The maximum atomic E-state index is 6.18. The SMILES string of the molecule is CCOC(CC)Cc1cnc(-c2c(CC)cccc2CC)cc1OC(C)C. The zero-order chi connectivity index (χ0) is 19.8. The maximum Gasteiger partial charge on any atom is 0.126 e. The second kappa shape index (κ2) is 10.5. The third kappa shape index (κ3) is 5.55. The van der Waals surface area contributed by atoms with Crippen LogP contribution in [0.5, 0.6) is 5.75 Å². The highest BCUT2D eigenvalue weighted by Crippen LogP contribution is 2.32. The number of rotatable bonds is 10. The second-order valence-electron chi connectivity index (χ2n) is 7.19. The van der Waals surface area contributed by atoms with Gasteiger partial charge >= 0.3 is 0 Å². The van der Waals surface area contributed by atoms with Crippen LogP contribution >= 0.6 is 0 Å². The maximum absolute atomic E-state index is 6.18. The lowest BCUT2D eigenvalue weighted by Gasteiger charge is -2.20. The monoisotopic (exact) mass is 369 g/mol. The van der Waals surface area contributed by atoms with Crippen LogP contribution in [-0.2, 0) is 24.0 Å². The number of ether oxygens (including phenoxy) is 2. The van der Waals surface area contributed by atoms with Crippen molar-refractivity contribution in [3.05, 3.63) is 47.2 Å². The number of benzene rings is 1. The van der Waals surface area contributed by atoms with Gasteiger partial charge in [0.05, 0.1) is 17.9 Å². The Hall–Kier alpha value is -1.87. The van der Waals surface area contributed by atoms with Crippen LogP contribution in [0.3, 0.4) is 0 Å². The van der Waals surface area contributed by atoms with Gasteiger partial charge in [-0.05, 0) is 51.2 Å². The van der Waals surface area contributed by atoms with E-state index in [1.54, 1.807) is 0 Å². The molecular formula is C24H35NO2. The molecule has 0 radical (unpaired) electrons. The summed E-state index contributed by atoms with van der Waals surface area (Å²) >= 11 is 0. The number of aromatic nitrogens is 1. The summed E-state index contributed by atoms with van der Waals surface area (Å²) < 4.78 is 12.0. The van der Waals surface area contributed by atoms with E-state index in [1.807, 2.05) is 13.1 Å². The third-order valence-corrected chi connectivity index (χ3v) is 4.87. The molecule has 3 heteroatoms. The lowest BCUT2D eigenvalue weighted by Crippen LogP contribution is -2.17. The molecule has 1 aromatic heterocycles. The number of pyridine rings is 1. The zero-order valence-electron chi connectivity index (χ0n) is 17.8. The van der Waals surface area contributed by atoms with Crippen molar-refractivity contribution < 1.29 is 9.47 Å². The van der Waals surface area contributed by atoms with E-state index >= 15 is 0 Å². The molecule has 1 aromatic carbocycles. The van der Waals surface area contributed by atoms with E-state index in [2.05, 4.69) is 58.9 Å². The molecule has 2 aromatic rings. The van der Waals surface area contributed by atoms with E-state index in [0.717, 1.165) is 49.3 Å². The quantitative estimate of drug-likeness (QED) is 0.513. The van der Waals surface area contributed by atoms with Crippen LogP contribution < -0.4 is 4.74 Å².